The fourth-order valence-corrected chi connectivity index (χ4v) is 14.0. The van der Waals surface area contributed by atoms with E-state index >= 15 is 0 Å². The van der Waals surface area contributed by atoms with Gasteiger partial charge in [0.2, 0.25) is 0 Å². The highest BCUT2D eigenvalue weighted by molar-refractivity contribution is 6.43. The summed E-state index contributed by atoms with van der Waals surface area (Å²) in [6.07, 6.45) is 9.05. The van der Waals surface area contributed by atoms with Crippen molar-refractivity contribution in [2.24, 2.45) is 0 Å². The number of hydrogen-bond donors (Lipinski definition) is 4. The van der Waals surface area contributed by atoms with E-state index in [9.17, 15) is 0 Å². The highest BCUT2D eigenvalue weighted by Gasteiger charge is 2.33. The summed E-state index contributed by atoms with van der Waals surface area (Å²) < 4.78 is 0. The summed E-state index contributed by atoms with van der Waals surface area (Å²) in [7, 11) is 8.12. The number of halogens is 8. The van der Waals surface area contributed by atoms with Crippen molar-refractivity contribution >= 4 is 92.8 Å². The van der Waals surface area contributed by atoms with E-state index in [-0.39, 0.29) is 0 Å². The maximum absolute atomic E-state index is 6.20. The number of benzene rings is 8. The van der Waals surface area contributed by atoms with Gasteiger partial charge in [0.1, 0.15) is 0 Å². The van der Waals surface area contributed by atoms with E-state index in [1.165, 1.54) is 66.8 Å². The molecular formula is C68H68Cl8N4. The molecule has 8 atom stereocenters. The number of fused-ring (bicyclic) bond motifs is 4. The van der Waals surface area contributed by atoms with Gasteiger partial charge in [-0.25, -0.2) is 0 Å². The summed E-state index contributed by atoms with van der Waals surface area (Å²) in [6.45, 7) is 0. The van der Waals surface area contributed by atoms with Gasteiger partial charge in [0, 0.05) is 47.8 Å². The van der Waals surface area contributed by atoms with Gasteiger partial charge >= 0.3 is 0 Å². The standard InChI is InChI=1S/4C17H17Cl2N/c4*1-20-16-9-7-11-4-2-3-5-13(11)17(16)12-6-8-14(18)15(19)10-12/h4*2-6,8,10,16-17,20H,7,9H2,1H3/t2*16-,17+;2*16-,17-/m1010/s1. The Balaban J connectivity index is 0.000000129. The van der Waals surface area contributed by atoms with Gasteiger partial charge in [0.25, 0.3) is 0 Å². The fourth-order valence-electron chi connectivity index (χ4n) is 12.8. The zero-order valence-corrected chi connectivity index (χ0v) is 51.5. The number of nitrogens with one attached hydrogen (secondary N) is 4. The Morgan fingerprint density at radius 3 is 0.650 bits per heavy atom. The van der Waals surface area contributed by atoms with Crippen LogP contribution in [0.15, 0.2) is 170 Å². The molecule has 80 heavy (non-hydrogen) atoms. The van der Waals surface area contributed by atoms with Crippen molar-refractivity contribution in [2.45, 2.75) is 99.2 Å². The molecule has 0 saturated carbocycles. The average Bonchev–Trinajstić information content (AvgIpc) is 3.52. The minimum atomic E-state index is 0.333. The maximum Gasteiger partial charge on any atom is 0.0595 e. The SMILES string of the molecule is CN[C@@H]1CCc2ccccc2[C@@H]1c1ccc(Cl)c(Cl)c1.CN[C@@H]1CCc2ccccc2[C@H]1c1ccc(Cl)c(Cl)c1.CN[C@H]1CCc2ccccc2[C@@H]1c1ccc(Cl)c(Cl)c1.CN[C@H]1CCc2ccccc2[C@H]1c1ccc(Cl)c(Cl)c1. The van der Waals surface area contributed by atoms with Gasteiger partial charge in [-0.3, -0.25) is 0 Å². The predicted molar refractivity (Wildman–Crippen MR) is 344 cm³/mol. The lowest BCUT2D eigenvalue weighted by Crippen LogP contribution is -2.36. The van der Waals surface area contributed by atoms with Crippen LogP contribution in [-0.4, -0.2) is 52.4 Å². The quantitative estimate of drug-likeness (QED) is 0.122. The van der Waals surface area contributed by atoms with E-state index < -0.39 is 0 Å². The molecule has 0 radical (unpaired) electrons. The number of hydrogen-bond acceptors (Lipinski definition) is 4. The normalized spacial score (nSPS) is 21.6. The Bertz CT molecular complexity index is 2940. The van der Waals surface area contributed by atoms with Crippen molar-refractivity contribution in [1.82, 2.24) is 21.3 Å². The van der Waals surface area contributed by atoms with Crippen molar-refractivity contribution in [1.29, 1.82) is 0 Å². The molecule has 0 heterocycles. The van der Waals surface area contributed by atoms with E-state index in [1.54, 1.807) is 0 Å². The van der Waals surface area contributed by atoms with E-state index in [2.05, 4.69) is 143 Å². The first-order valence-electron chi connectivity index (χ1n) is 27.6. The van der Waals surface area contributed by atoms with E-state index in [0.717, 1.165) is 51.4 Å². The highest BCUT2D eigenvalue weighted by atomic mass is 35.5. The van der Waals surface area contributed by atoms with Crippen LogP contribution in [0.2, 0.25) is 40.2 Å². The second-order valence-electron chi connectivity index (χ2n) is 21.1. The molecule has 4 N–H and O–H groups in total. The lowest BCUT2D eigenvalue weighted by molar-refractivity contribution is 0.449. The van der Waals surface area contributed by atoms with Gasteiger partial charge < -0.3 is 21.3 Å². The molecule has 8 aromatic carbocycles. The van der Waals surface area contributed by atoms with Crippen molar-refractivity contribution in [2.75, 3.05) is 28.2 Å². The number of rotatable bonds is 8. The summed E-state index contributed by atoms with van der Waals surface area (Å²) in [6, 6.07) is 60.4. The molecular weight excluding hydrogens is 1160 g/mol. The Hall–Kier alpha value is -4.08. The van der Waals surface area contributed by atoms with Crippen LogP contribution in [0.5, 0.6) is 0 Å². The van der Waals surface area contributed by atoms with Gasteiger partial charge in [-0.15, -0.1) is 0 Å². The van der Waals surface area contributed by atoms with Crippen molar-refractivity contribution < 1.29 is 0 Å². The zero-order chi connectivity index (χ0) is 56.5. The van der Waals surface area contributed by atoms with Crippen LogP contribution in [0.1, 0.15) is 116 Å². The number of likely N-dealkylation sites (N-methyl/N-ethyl adjacent to an activating group) is 4. The monoisotopic (exact) mass is 1220 g/mol. The van der Waals surface area contributed by atoms with E-state index in [0.29, 0.717) is 88.0 Å². The Morgan fingerprint density at radius 2 is 0.463 bits per heavy atom. The lowest BCUT2D eigenvalue weighted by Gasteiger charge is -2.34. The summed E-state index contributed by atoms with van der Waals surface area (Å²) in [5.74, 6) is 1.33. The van der Waals surface area contributed by atoms with Crippen molar-refractivity contribution in [3.05, 3.63) is 277 Å². The van der Waals surface area contributed by atoms with Crippen LogP contribution in [0.3, 0.4) is 0 Å². The topological polar surface area (TPSA) is 48.1 Å². The molecule has 8 aromatic rings. The third-order valence-electron chi connectivity index (χ3n) is 16.8. The minimum absolute atomic E-state index is 0.333. The second kappa shape index (κ2) is 28.5. The third-order valence-corrected chi connectivity index (χ3v) is 19.7. The van der Waals surface area contributed by atoms with Gasteiger partial charge in [-0.2, -0.15) is 0 Å². The lowest BCUT2D eigenvalue weighted by atomic mass is 9.75. The van der Waals surface area contributed by atoms with Crippen LogP contribution in [0, 0.1) is 0 Å². The molecule has 0 aromatic heterocycles. The molecule has 0 amide bonds. The minimum Gasteiger partial charge on any atom is -0.316 e. The molecule has 0 fully saturated rings. The van der Waals surface area contributed by atoms with Crippen LogP contribution < -0.4 is 21.3 Å². The summed E-state index contributed by atoms with van der Waals surface area (Å²) >= 11 is 49.0. The zero-order valence-electron chi connectivity index (χ0n) is 45.5. The van der Waals surface area contributed by atoms with Gasteiger partial charge in [0.05, 0.1) is 40.2 Å². The Labute approximate surface area is 514 Å². The molecule has 0 saturated heterocycles. The average molecular weight is 1220 g/mol. The van der Waals surface area contributed by atoms with Crippen LogP contribution >= 0.6 is 92.8 Å². The third kappa shape index (κ3) is 13.9. The fraction of sp³-hybridized carbons (Fsp3) is 0.294. The predicted octanol–water partition coefficient (Wildman–Crippen LogP) is 18.6. The molecule has 0 bridgehead atoms. The largest absolute Gasteiger partial charge is 0.316 e. The molecule has 0 spiro atoms. The smallest absolute Gasteiger partial charge is 0.0595 e. The second-order valence-corrected chi connectivity index (χ2v) is 24.4. The number of aryl methyl sites for hydroxylation is 4. The Morgan fingerprint density at radius 1 is 0.263 bits per heavy atom. The van der Waals surface area contributed by atoms with Crippen molar-refractivity contribution in [3.8, 4) is 0 Å². The van der Waals surface area contributed by atoms with Crippen molar-refractivity contribution in [3.63, 3.8) is 0 Å². The molecule has 12 rings (SSSR count). The van der Waals surface area contributed by atoms with Gasteiger partial charge in [-0.05, 0) is 195 Å². The van der Waals surface area contributed by atoms with E-state index in [1.807, 2.05) is 76.7 Å². The van der Waals surface area contributed by atoms with Crippen LogP contribution in [0.25, 0.3) is 0 Å². The molecule has 12 heteroatoms. The van der Waals surface area contributed by atoms with Gasteiger partial charge in [0.15, 0.2) is 0 Å². The highest BCUT2D eigenvalue weighted by Crippen LogP contribution is 2.43. The molecule has 4 aliphatic carbocycles. The maximum atomic E-state index is 6.20. The molecule has 416 valence electrons. The first kappa shape index (κ1) is 60.5. The Kier molecular flexibility index (Phi) is 21.5. The summed E-state index contributed by atoms with van der Waals surface area (Å²) in [5.41, 5.74) is 16.3. The van der Waals surface area contributed by atoms with Crippen LogP contribution in [0.4, 0.5) is 0 Å². The molecule has 4 aliphatic rings. The first-order chi connectivity index (χ1) is 38.8. The molecule has 0 unspecified atom stereocenters. The molecule has 0 aliphatic heterocycles. The first-order valence-corrected chi connectivity index (χ1v) is 30.6. The van der Waals surface area contributed by atoms with Crippen LogP contribution in [-0.2, 0) is 25.7 Å². The van der Waals surface area contributed by atoms with Gasteiger partial charge in [-0.1, -0.05) is 214 Å². The van der Waals surface area contributed by atoms with E-state index in [4.69, 9.17) is 92.8 Å². The summed E-state index contributed by atoms with van der Waals surface area (Å²) in [5, 5.41) is 18.8. The molecule has 4 nitrogen and oxygen atoms in total. The summed E-state index contributed by atoms with van der Waals surface area (Å²) in [4.78, 5) is 0.